The molecule has 0 spiro atoms. The number of fused-ring (bicyclic) bond motifs is 1. The van der Waals surface area contributed by atoms with E-state index in [1.165, 1.54) is 4.57 Å². The Labute approximate surface area is 120 Å². The molecule has 6 nitrogen and oxygen atoms in total. The van der Waals surface area contributed by atoms with Crippen molar-refractivity contribution in [1.82, 2.24) is 9.88 Å². The summed E-state index contributed by atoms with van der Waals surface area (Å²) in [4.78, 5) is 23.9. The van der Waals surface area contributed by atoms with E-state index >= 15 is 0 Å². The summed E-state index contributed by atoms with van der Waals surface area (Å²) in [5.74, 6) is 0.918. The highest BCUT2D eigenvalue weighted by molar-refractivity contribution is 5.94. The minimum absolute atomic E-state index is 0.122. The molecule has 21 heavy (non-hydrogen) atoms. The van der Waals surface area contributed by atoms with Crippen molar-refractivity contribution in [2.75, 3.05) is 6.79 Å². The van der Waals surface area contributed by atoms with Crippen LogP contribution in [0, 0.1) is 0 Å². The van der Waals surface area contributed by atoms with E-state index in [0.29, 0.717) is 22.6 Å². The van der Waals surface area contributed by atoms with Gasteiger partial charge in [0, 0.05) is 30.9 Å². The number of ether oxygens (including phenoxy) is 2. The Morgan fingerprint density at radius 2 is 2.10 bits per heavy atom. The second kappa shape index (κ2) is 5.32. The standard InChI is InChI=1S/C15H14N2O4/c1-17-6-2-3-11(15(17)19)8-16-14(18)10-4-5-12-13(7-10)21-9-20-12/h2-7H,8-9H2,1H3,(H,16,18). The molecule has 2 aromatic rings. The lowest BCUT2D eigenvalue weighted by molar-refractivity contribution is 0.0950. The molecular formula is C15H14N2O4. The maximum atomic E-state index is 12.1. The Balaban J connectivity index is 1.72. The molecule has 0 atom stereocenters. The summed E-state index contributed by atoms with van der Waals surface area (Å²) in [7, 11) is 1.67. The fraction of sp³-hybridized carbons (Fsp3) is 0.200. The van der Waals surface area contributed by atoms with Gasteiger partial charge in [0.15, 0.2) is 11.5 Å². The number of nitrogens with one attached hydrogen (secondary N) is 1. The summed E-state index contributed by atoms with van der Waals surface area (Å²) in [5.41, 5.74) is 0.879. The largest absolute Gasteiger partial charge is 0.454 e. The molecule has 6 heteroatoms. The molecule has 0 fully saturated rings. The summed E-state index contributed by atoms with van der Waals surface area (Å²) in [6.45, 7) is 0.348. The molecule has 3 rings (SSSR count). The van der Waals surface area contributed by atoms with Crippen molar-refractivity contribution in [3.63, 3.8) is 0 Å². The lowest BCUT2D eigenvalue weighted by Crippen LogP contribution is -2.28. The van der Waals surface area contributed by atoms with Gasteiger partial charge in [-0.1, -0.05) is 6.07 Å². The fourth-order valence-electron chi connectivity index (χ4n) is 2.10. The number of aryl methyl sites for hydroxylation is 1. The van der Waals surface area contributed by atoms with Crippen LogP contribution in [-0.4, -0.2) is 17.3 Å². The van der Waals surface area contributed by atoms with Crippen LogP contribution >= 0.6 is 0 Å². The average molecular weight is 286 g/mol. The molecule has 0 saturated carbocycles. The Hall–Kier alpha value is -2.76. The van der Waals surface area contributed by atoms with E-state index in [2.05, 4.69) is 5.32 Å². The highest BCUT2D eigenvalue weighted by atomic mass is 16.7. The van der Waals surface area contributed by atoms with E-state index in [1.807, 2.05) is 0 Å². The molecule has 1 N–H and O–H groups in total. The van der Waals surface area contributed by atoms with Crippen LogP contribution in [0.4, 0.5) is 0 Å². The molecule has 108 valence electrons. The van der Waals surface area contributed by atoms with Crippen LogP contribution < -0.4 is 20.3 Å². The molecule has 0 radical (unpaired) electrons. The number of benzene rings is 1. The zero-order valence-corrected chi connectivity index (χ0v) is 11.5. The second-order valence-corrected chi connectivity index (χ2v) is 4.70. The predicted octanol–water partition coefficient (Wildman–Crippen LogP) is 1.04. The molecule has 0 bridgehead atoms. The van der Waals surface area contributed by atoms with Crippen molar-refractivity contribution in [2.24, 2.45) is 7.05 Å². The number of hydrogen-bond acceptors (Lipinski definition) is 4. The van der Waals surface area contributed by atoms with Crippen LogP contribution in [0.3, 0.4) is 0 Å². The summed E-state index contributed by atoms with van der Waals surface area (Å²) < 4.78 is 11.9. The maximum Gasteiger partial charge on any atom is 0.255 e. The van der Waals surface area contributed by atoms with Crippen molar-refractivity contribution in [3.8, 4) is 11.5 Å². The Bertz CT molecular complexity index is 752. The lowest BCUT2D eigenvalue weighted by atomic mass is 10.2. The quantitative estimate of drug-likeness (QED) is 0.915. The maximum absolute atomic E-state index is 12.1. The molecule has 0 unspecified atom stereocenters. The number of carbonyl (C=O) groups is 1. The molecule has 0 saturated heterocycles. The topological polar surface area (TPSA) is 69.6 Å². The van der Waals surface area contributed by atoms with Gasteiger partial charge in [0.1, 0.15) is 0 Å². The van der Waals surface area contributed by atoms with E-state index < -0.39 is 0 Å². The number of hydrogen-bond donors (Lipinski definition) is 1. The van der Waals surface area contributed by atoms with Crippen molar-refractivity contribution >= 4 is 5.91 Å². The second-order valence-electron chi connectivity index (χ2n) is 4.70. The molecule has 2 heterocycles. The summed E-state index contributed by atoms with van der Waals surface area (Å²) in [6.07, 6.45) is 1.67. The molecule has 1 amide bonds. The van der Waals surface area contributed by atoms with Gasteiger partial charge < -0.3 is 19.4 Å². The third-order valence-electron chi connectivity index (χ3n) is 3.28. The highest BCUT2D eigenvalue weighted by Gasteiger charge is 2.16. The number of amides is 1. The van der Waals surface area contributed by atoms with Crippen molar-refractivity contribution in [1.29, 1.82) is 0 Å². The number of pyridine rings is 1. The third-order valence-corrected chi connectivity index (χ3v) is 3.28. The van der Waals surface area contributed by atoms with E-state index in [1.54, 1.807) is 43.6 Å². The average Bonchev–Trinajstić information content (AvgIpc) is 2.96. The molecule has 0 aliphatic carbocycles. The smallest absolute Gasteiger partial charge is 0.255 e. The van der Waals surface area contributed by atoms with Gasteiger partial charge in [-0.3, -0.25) is 9.59 Å². The van der Waals surface area contributed by atoms with E-state index in [9.17, 15) is 9.59 Å². The number of carbonyl (C=O) groups excluding carboxylic acids is 1. The molecule has 1 aromatic heterocycles. The van der Waals surface area contributed by atoms with Gasteiger partial charge in [-0.15, -0.1) is 0 Å². The minimum Gasteiger partial charge on any atom is -0.454 e. The van der Waals surface area contributed by atoms with Gasteiger partial charge in [-0.05, 0) is 24.3 Å². The van der Waals surface area contributed by atoms with Crippen LogP contribution in [0.2, 0.25) is 0 Å². The molecule has 1 aliphatic heterocycles. The molecular weight excluding hydrogens is 272 g/mol. The molecule has 1 aliphatic rings. The Kier molecular flexibility index (Phi) is 3.35. The minimum atomic E-state index is -0.265. The zero-order valence-electron chi connectivity index (χ0n) is 11.5. The third kappa shape index (κ3) is 2.60. The van der Waals surface area contributed by atoms with Gasteiger partial charge in [-0.2, -0.15) is 0 Å². The predicted molar refractivity (Wildman–Crippen MR) is 75.4 cm³/mol. The summed E-state index contributed by atoms with van der Waals surface area (Å²) in [5, 5.41) is 2.73. The summed E-state index contributed by atoms with van der Waals surface area (Å²) >= 11 is 0. The van der Waals surface area contributed by atoms with Gasteiger partial charge >= 0.3 is 0 Å². The van der Waals surface area contributed by atoms with Crippen LogP contribution in [0.15, 0.2) is 41.3 Å². The van der Waals surface area contributed by atoms with Crippen molar-refractivity contribution < 1.29 is 14.3 Å². The first-order chi connectivity index (χ1) is 10.1. The van der Waals surface area contributed by atoms with E-state index in [4.69, 9.17) is 9.47 Å². The number of rotatable bonds is 3. The van der Waals surface area contributed by atoms with Gasteiger partial charge in [-0.25, -0.2) is 0 Å². The van der Waals surface area contributed by atoms with Gasteiger partial charge in [0.05, 0.1) is 0 Å². The number of nitrogens with zero attached hydrogens (tertiary/aromatic N) is 1. The van der Waals surface area contributed by atoms with Crippen LogP contribution in [0.25, 0.3) is 0 Å². The van der Waals surface area contributed by atoms with Crippen molar-refractivity contribution in [3.05, 3.63) is 58.0 Å². The first-order valence-electron chi connectivity index (χ1n) is 6.47. The molecule has 1 aromatic carbocycles. The number of aromatic nitrogens is 1. The SMILES string of the molecule is Cn1cccc(CNC(=O)c2ccc3c(c2)OCO3)c1=O. The van der Waals surface area contributed by atoms with E-state index in [0.717, 1.165) is 0 Å². The monoisotopic (exact) mass is 286 g/mol. The van der Waals surface area contributed by atoms with Crippen LogP contribution in [-0.2, 0) is 13.6 Å². The first-order valence-corrected chi connectivity index (χ1v) is 6.47. The Morgan fingerprint density at radius 1 is 1.29 bits per heavy atom. The highest BCUT2D eigenvalue weighted by Crippen LogP contribution is 2.32. The summed E-state index contributed by atoms with van der Waals surface area (Å²) in [6, 6.07) is 8.44. The van der Waals surface area contributed by atoms with Crippen molar-refractivity contribution in [2.45, 2.75) is 6.54 Å². The normalized spacial score (nSPS) is 12.2. The Morgan fingerprint density at radius 3 is 2.95 bits per heavy atom. The van der Waals surface area contributed by atoms with Gasteiger partial charge in [0.25, 0.3) is 11.5 Å². The first kappa shape index (κ1) is 13.2. The zero-order chi connectivity index (χ0) is 14.8. The van der Waals surface area contributed by atoms with Gasteiger partial charge in [0.2, 0.25) is 6.79 Å². The fourth-order valence-corrected chi connectivity index (χ4v) is 2.10. The van der Waals surface area contributed by atoms with Crippen LogP contribution in [0.1, 0.15) is 15.9 Å². The van der Waals surface area contributed by atoms with E-state index in [-0.39, 0.29) is 24.8 Å². The van der Waals surface area contributed by atoms with Crippen LogP contribution in [0.5, 0.6) is 11.5 Å². The lowest BCUT2D eigenvalue weighted by Gasteiger charge is -2.07.